The largest absolute Gasteiger partial charge is 0.497 e. The number of furan rings is 1. The molecule has 1 aromatic carbocycles. The SMILES string of the molecule is COc1ccc(C(N)CSc2ccoc2C)cc1. The summed E-state index contributed by atoms with van der Waals surface area (Å²) in [7, 11) is 1.66. The van der Waals surface area contributed by atoms with E-state index in [9.17, 15) is 0 Å². The quantitative estimate of drug-likeness (QED) is 0.840. The smallest absolute Gasteiger partial charge is 0.118 e. The second-order valence-corrected chi connectivity index (χ2v) is 5.09. The summed E-state index contributed by atoms with van der Waals surface area (Å²) < 4.78 is 10.4. The van der Waals surface area contributed by atoms with Crippen molar-refractivity contribution in [1.82, 2.24) is 0 Å². The molecule has 0 aliphatic heterocycles. The fraction of sp³-hybridized carbons (Fsp3) is 0.286. The summed E-state index contributed by atoms with van der Waals surface area (Å²) >= 11 is 1.72. The zero-order valence-electron chi connectivity index (χ0n) is 10.6. The zero-order chi connectivity index (χ0) is 13.0. The number of nitrogens with two attached hydrogens (primary N) is 1. The van der Waals surface area contributed by atoms with Crippen molar-refractivity contribution in [1.29, 1.82) is 0 Å². The van der Waals surface area contributed by atoms with Crippen molar-refractivity contribution in [3.05, 3.63) is 47.9 Å². The second kappa shape index (κ2) is 5.98. The maximum atomic E-state index is 6.16. The van der Waals surface area contributed by atoms with Crippen LogP contribution >= 0.6 is 11.8 Å². The van der Waals surface area contributed by atoms with Crippen LogP contribution in [0.15, 0.2) is 45.9 Å². The van der Waals surface area contributed by atoms with Gasteiger partial charge in [-0.15, -0.1) is 11.8 Å². The molecule has 3 nitrogen and oxygen atoms in total. The number of aryl methyl sites for hydroxylation is 1. The number of rotatable bonds is 5. The molecular formula is C14H17NO2S. The average Bonchev–Trinajstić information content (AvgIpc) is 2.81. The molecule has 0 saturated heterocycles. The summed E-state index contributed by atoms with van der Waals surface area (Å²) in [5, 5.41) is 0. The van der Waals surface area contributed by atoms with Gasteiger partial charge in [0.25, 0.3) is 0 Å². The maximum absolute atomic E-state index is 6.16. The molecule has 2 N–H and O–H groups in total. The molecule has 1 heterocycles. The van der Waals surface area contributed by atoms with Gasteiger partial charge in [-0.1, -0.05) is 12.1 Å². The van der Waals surface area contributed by atoms with Crippen LogP contribution < -0.4 is 10.5 Å². The molecule has 1 aromatic heterocycles. The lowest BCUT2D eigenvalue weighted by Crippen LogP contribution is -2.12. The number of hydrogen-bond acceptors (Lipinski definition) is 4. The van der Waals surface area contributed by atoms with Crippen molar-refractivity contribution < 1.29 is 9.15 Å². The van der Waals surface area contributed by atoms with Crippen molar-refractivity contribution >= 4 is 11.8 Å². The zero-order valence-corrected chi connectivity index (χ0v) is 11.4. The third kappa shape index (κ3) is 3.09. The van der Waals surface area contributed by atoms with Gasteiger partial charge in [0.15, 0.2) is 0 Å². The Hall–Kier alpha value is -1.39. The Morgan fingerprint density at radius 1 is 1.28 bits per heavy atom. The fourth-order valence-corrected chi connectivity index (χ4v) is 2.60. The molecule has 96 valence electrons. The molecule has 4 heteroatoms. The molecule has 0 aliphatic carbocycles. The highest BCUT2D eigenvalue weighted by molar-refractivity contribution is 7.99. The minimum atomic E-state index is 0.00945. The van der Waals surface area contributed by atoms with Gasteiger partial charge >= 0.3 is 0 Å². The minimum absolute atomic E-state index is 0.00945. The summed E-state index contributed by atoms with van der Waals surface area (Å²) in [5.74, 6) is 2.62. The van der Waals surface area contributed by atoms with Crippen LogP contribution in [0, 0.1) is 6.92 Å². The molecule has 1 unspecified atom stereocenters. The van der Waals surface area contributed by atoms with Gasteiger partial charge in [-0.3, -0.25) is 0 Å². The first-order valence-electron chi connectivity index (χ1n) is 5.77. The van der Waals surface area contributed by atoms with Gasteiger partial charge in [-0.25, -0.2) is 0 Å². The highest BCUT2D eigenvalue weighted by Crippen LogP contribution is 2.27. The van der Waals surface area contributed by atoms with Crippen molar-refractivity contribution in [2.24, 2.45) is 5.73 Å². The third-order valence-electron chi connectivity index (χ3n) is 2.77. The van der Waals surface area contributed by atoms with E-state index < -0.39 is 0 Å². The molecule has 2 aromatic rings. The molecule has 0 amide bonds. The maximum Gasteiger partial charge on any atom is 0.118 e. The first kappa shape index (κ1) is 13.1. The highest BCUT2D eigenvalue weighted by atomic mass is 32.2. The lowest BCUT2D eigenvalue weighted by Gasteiger charge is -2.11. The van der Waals surface area contributed by atoms with Crippen LogP contribution in [0.3, 0.4) is 0 Å². The van der Waals surface area contributed by atoms with E-state index in [-0.39, 0.29) is 6.04 Å². The predicted octanol–water partition coefficient (Wildman–Crippen LogP) is 3.39. The van der Waals surface area contributed by atoms with Gasteiger partial charge in [0.2, 0.25) is 0 Å². The van der Waals surface area contributed by atoms with Gasteiger partial charge in [-0.05, 0) is 30.7 Å². The number of methoxy groups -OCH3 is 1. The third-order valence-corrected chi connectivity index (χ3v) is 4.03. The number of hydrogen-bond donors (Lipinski definition) is 1. The topological polar surface area (TPSA) is 48.4 Å². The Bertz CT molecular complexity index is 493. The molecule has 0 spiro atoms. The van der Waals surface area contributed by atoms with E-state index in [2.05, 4.69) is 0 Å². The number of thioether (sulfide) groups is 1. The van der Waals surface area contributed by atoms with Gasteiger partial charge < -0.3 is 14.9 Å². The number of benzene rings is 1. The Morgan fingerprint density at radius 2 is 2.00 bits per heavy atom. The van der Waals surface area contributed by atoms with E-state index >= 15 is 0 Å². The molecule has 1 atom stereocenters. The molecule has 0 bridgehead atoms. The van der Waals surface area contributed by atoms with Gasteiger partial charge in [-0.2, -0.15) is 0 Å². The Morgan fingerprint density at radius 3 is 2.56 bits per heavy atom. The van der Waals surface area contributed by atoms with E-state index in [1.165, 1.54) is 0 Å². The monoisotopic (exact) mass is 263 g/mol. The first-order valence-corrected chi connectivity index (χ1v) is 6.75. The van der Waals surface area contributed by atoms with Crippen molar-refractivity contribution in [3.8, 4) is 5.75 Å². The highest BCUT2D eigenvalue weighted by Gasteiger charge is 2.09. The van der Waals surface area contributed by atoms with Crippen LogP contribution in [-0.2, 0) is 0 Å². The van der Waals surface area contributed by atoms with E-state index in [0.29, 0.717) is 0 Å². The molecule has 2 rings (SSSR count). The standard InChI is InChI=1S/C14H17NO2S/c1-10-14(7-8-17-10)18-9-13(15)11-3-5-12(16-2)6-4-11/h3-8,13H,9,15H2,1-2H3. The second-order valence-electron chi connectivity index (χ2n) is 4.03. The van der Waals surface area contributed by atoms with E-state index in [1.54, 1.807) is 25.1 Å². The summed E-state index contributed by atoms with van der Waals surface area (Å²) in [5.41, 5.74) is 7.28. The number of ether oxygens (including phenoxy) is 1. The summed E-state index contributed by atoms with van der Waals surface area (Å²) in [6.07, 6.45) is 1.70. The molecule has 18 heavy (non-hydrogen) atoms. The van der Waals surface area contributed by atoms with Crippen LogP contribution in [0.25, 0.3) is 0 Å². The summed E-state index contributed by atoms with van der Waals surface area (Å²) in [6, 6.07) is 9.86. The van der Waals surface area contributed by atoms with Gasteiger partial charge in [0.1, 0.15) is 11.5 Å². The Balaban J connectivity index is 1.94. The van der Waals surface area contributed by atoms with Crippen LogP contribution in [0.2, 0.25) is 0 Å². The minimum Gasteiger partial charge on any atom is -0.497 e. The molecule has 0 fully saturated rings. The lowest BCUT2D eigenvalue weighted by atomic mass is 10.1. The molecular weight excluding hydrogens is 246 g/mol. The van der Waals surface area contributed by atoms with E-state index in [0.717, 1.165) is 27.7 Å². The Kier molecular flexibility index (Phi) is 4.33. The van der Waals surface area contributed by atoms with Crippen LogP contribution in [0.5, 0.6) is 5.75 Å². The lowest BCUT2D eigenvalue weighted by molar-refractivity contribution is 0.414. The van der Waals surface area contributed by atoms with Gasteiger partial charge in [0, 0.05) is 16.7 Å². The van der Waals surface area contributed by atoms with E-state index in [4.69, 9.17) is 14.9 Å². The summed E-state index contributed by atoms with van der Waals surface area (Å²) in [6.45, 7) is 1.96. The van der Waals surface area contributed by atoms with Crippen molar-refractivity contribution in [2.75, 3.05) is 12.9 Å². The first-order chi connectivity index (χ1) is 8.70. The van der Waals surface area contributed by atoms with Crippen molar-refractivity contribution in [2.45, 2.75) is 17.9 Å². The average molecular weight is 263 g/mol. The Labute approximate surface area is 111 Å². The fourth-order valence-electron chi connectivity index (χ4n) is 1.65. The molecule has 0 aliphatic rings. The summed E-state index contributed by atoms with van der Waals surface area (Å²) in [4.78, 5) is 1.15. The predicted molar refractivity (Wildman–Crippen MR) is 74.1 cm³/mol. The molecule has 0 radical (unpaired) electrons. The van der Waals surface area contributed by atoms with Crippen LogP contribution in [0.4, 0.5) is 0 Å². The van der Waals surface area contributed by atoms with Crippen LogP contribution in [0.1, 0.15) is 17.4 Å². The molecule has 0 saturated carbocycles. The van der Waals surface area contributed by atoms with E-state index in [1.807, 2.05) is 37.3 Å². The normalized spacial score (nSPS) is 12.4. The van der Waals surface area contributed by atoms with Crippen LogP contribution in [-0.4, -0.2) is 12.9 Å². The van der Waals surface area contributed by atoms with Crippen molar-refractivity contribution in [3.63, 3.8) is 0 Å². The van der Waals surface area contributed by atoms with Gasteiger partial charge in [0.05, 0.1) is 13.4 Å².